The van der Waals surface area contributed by atoms with Gasteiger partial charge in [0, 0.05) is 22.5 Å². The molecule has 2 aromatic heterocycles. The quantitative estimate of drug-likeness (QED) is 0.340. The molecule has 6 heteroatoms. The molecule has 160 valence electrons. The van der Waals surface area contributed by atoms with Crippen LogP contribution in [0.4, 0.5) is 5.69 Å². The van der Waals surface area contributed by atoms with E-state index >= 15 is 0 Å². The van der Waals surface area contributed by atoms with Gasteiger partial charge in [0.25, 0.3) is 0 Å². The number of hydrogen-bond acceptors (Lipinski definition) is 3. The maximum Gasteiger partial charge on any atom is 0.174 e. The molecule has 0 radical (unpaired) electrons. The number of hydrogen-bond donors (Lipinski definition) is 1. The van der Waals surface area contributed by atoms with Crippen molar-refractivity contribution in [3.8, 4) is 11.3 Å². The molecule has 0 bridgehead atoms. The molecule has 0 saturated carbocycles. The summed E-state index contributed by atoms with van der Waals surface area (Å²) in [5.41, 5.74) is 5.20. The van der Waals surface area contributed by atoms with Crippen LogP contribution in [0.15, 0.2) is 83.4 Å². The van der Waals surface area contributed by atoms with Gasteiger partial charge < -0.3 is 14.6 Å². The van der Waals surface area contributed by atoms with E-state index in [-0.39, 0.29) is 12.1 Å². The second kappa shape index (κ2) is 8.41. The lowest BCUT2D eigenvalue weighted by molar-refractivity contribution is 0.439. The minimum atomic E-state index is -0.187. The summed E-state index contributed by atoms with van der Waals surface area (Å²) in [6.45, 7) is 4.13. The minimum absolute atomic E-state index is 0.149. The Morgan fingerprint density at radius 1 is 1.00 bits per heavy atom. The Balaban J connectivity index is 1.61. The van der Waals surface area contributed by atoms with Gasteiger partial charge in [-0.15, -0.1) is 0 Å². The number of rotatable bonds is 4. The summed E-state index contributed by atoms with van der Waals surface area (Å²) in [6, 6.07) is 23.8. The molecule has 0 unspecified atom stereocenters. The number of anilines is 1. The van der Waals surface area contributed by atoms with Crippen molar-refractivity contribution in [3.05, 3.63) is 107 Å². The van der Waals surface area contributed by atoms with Crippen molar-refractivity contribution in [2.45, 2.75) is 25.9 Å². The Morgan fingerprint density at radius 3 is 2.56 bits per heavy atom. The zero-order chi connectivity index (χ0) is 22.2. The van der Waals surface area contributed by atoms with E-state index in [4.69, 9.17) is 28.2 Å². The summed E-state index contributed by atoms with van der Waals surface area (Å²) in [7, 11) is 0. The molecule has 0 spiro atoms. The summed E-state index contributed by atoms with van der Waals surface area (Å²) < 4.78 is 6.44. The molecule has 4 aromatic rings. The van der Waals surface area contributed by atoms with E-state index in [0.717, 1.165) is 34.0 Å². The number of furan rings is 1. The smallest absolute Gasteiger partial charge is 0.174 e. The maximum atomic E-state index is 6.44. The number of aryl methyl sites for hydroxylation is 2. The van der Waals surface area contributed by atoms with Crippen LogP contribution in [0, 0.1) is 13.8 Å². The molecular formula is C26H22ClN3OS. The third-order valence-electron chi connectivity index (χ3n) is 5.79. The zero-order valence-corrected chi connectivity index (χ0v) is 19.3. The van der Waals surface area contributed by atoms with Gasteiger partial charge in [0.15, 0.2) is 5.11 Å². The molecule has 1 aliphatic rings. The lowest BCUT2D eigenvalue weighted by Crippen LogP contribution is -2.29. The van der Waals surface area contributed by atoms with Crippen LogP contribution in [0.3, 0.4) is 0 Å². The number of pyridine rings is 1. The third kappa shape index (κ3) is 3.78. The molecule has 1 saturated heterocycles. The van der Waals surface area contributed by atoms with Gasteiger partial charge >= 0.3 is 0 Å². The van der Waals surface area contributed by atoms with Gasteiger partial charge in [-0.1, -0.05) is 41.4 Å². The van der Waals surface area contributed by atoms with Gasteiger partial charge in [-0.05, 0) is 80.2 Å². The standard InChI is InChI=1S/C26H22ClN3OS/c1-16-6-10-19(11-7-16)30-25(24(29-26(30)32)21-5-3-4-14-28-21)23-13-12-22(31-23)20-15-18(27)9-8-17(20)2/h3-15,24-25H,1-2H3,(H,29,32)/t24-,25+/m1/s1. The topological polar surface area (TPSA) is 41.3 Å². The van der Waals surface area contributed by atoms with Crippen molar-refractivity contribution < 1.29 is 4.42 Å². The maximum absolute atomic E-state index is 6.44. The van der Waals surface area contributed by atoms with E-state index in [2.05, 4.69) is 53.3 Å². The van der Waals surface area contributed by atoms with Gasteiger partial charge in [0.05, 0.1) is 11.7 Å². The summed E-state index contributed by atoms with van der Waals surface area (Å²) >= 11 is 12.0. The normalized spacial score (nSPS) is 18.1. The van der Waals surface area contributed by atoms with E-state index in [9.17, 15) is 0 Å². The van der Waals surface area contributed by atoms with Gasteiger partial charge in [0.2, 0.25) is 0 Å². The monoisotopic (exact) mass is 459 g/mol. The lowest BCUT2D eigenvalue weighted by Gasteiger charge is -2.26. The highest BCUT2D eigenvalue weighted by molar-refractivity contribution is 7.80. The van der Waals surface area contributed by atoms with Crippen molar-refractivity contribution in [1.29, 1.82) is 0 Å². The largest absolute Gasteiger partial charge is 0.459 e. The summed E-state index contributed by atoms with van der Waals surface area (Å²) in [6.07, 6.45) is 1.80. The van der Waals surface area contributed by atoms with Crippen molar-refractivity contribution in [3.63, 3.8) is 0 Å². The third-order valence-corrected chi connectivity index (χ3v) is 6.34. The van der Waals surface area contributed by atoms with E-state index in [0.29, 0.717) is 10.1 Å². The molecule has 32 heavy (non-hydrogen) atoms. The first-order valence-electron chi connectivity index (χ1n) is 10.4. The van der Waals surface area contributed by atoms with Crippen molar-refractivity contribution in [1.82, 2.24) is 10.3 Å². The predicted molar refractivity (Wildman–Crippen MR) is 133 cm³/mol. The van der Waals surface area contributed by atoms with Crippen LogP contribution in [-0.4, -0.2) is 10.1 Å². The van der Waals surface area contributed by atoms with Crippen LogP contribution >= 0.6 is 23.8 Å². The van der Waals surface area contributed by atoms with Crippen molar-refractivity contribution in [2.24, 2.45) is 0 Å². The Morgan fingerprint density at radius 2 is 1.81 bits per heavy atom. The fourth-order valence-electron chi connectivity index (χ4n) is 4.14. The summed E-state index contributed by atoms with van der Waals surface area (Å²) in [5.74, 6) is 1.59. The first kappa shape index (κ1) is 20.7. The Kier molecular flexibility index (Phi) is 5.45. The number of nitrogens with one attached hydrogen (secondary N) is 1. The van der Waals surface area contributed by atoms with Crippen molar-refractivity contribution >= 4 is 34.6 Å². The average molecular weight is 460 g/mol. The van der Waals surface area contributed by atoms with Crippen LogP contribution in [0.2, 0.25) is 5.02 Å². The van der Waals surface area contributed by atoms with Crippen LogP contribution in [-0.2, 0) is 0 Å². The molecule has 4 nitrogen and oxygen atoms in total. The Labute approximate surface area is 197 Å². The van der Waals surface area contributed by atoms with E-state index in [1.807, 2.05) is 48.5 Å². The molecular weight excluding hydrogens is 438 g/mol. The highest BCUT2D eigenvalue weighted by Gasteiger charge is 2.42. The van der Waals surface area contributed by atoms with Crippen LogP contribution in [0.25, 0.3) is 11.3 Å². The first-order chi connectivity index (χ1) is 15.5. The zero-order valence-electron chi connectivity index (χ0n) is 17.7. The summed E-state index contributed by atoms with van der Waals surface area (Å²) in [5, 5.41) is 4.79. The van der Waals surface area contributed by atoms with Gasteiger partial charge in [0.1, 0.15) is 17.6 Å². The number of nitrogens with zero attached hydrogens (tertiary/aromatic N) is 2. The fourth-order valence-corrected chi connectivity index (χ4v) is 4.66. The molecule has 1 N–H and O–H groups in total. The lowest BCUT2D eigenvalue weighted by atomic mass is 10.0. The highest BCUT2D eigenvalue weighted by Crippen LogP contribution is 2.43. The number of benzene rings is 2. The Bertz CT molecular complexity index is 1270. The van der Waals surface area contributed by atoms with Crippen molar-refractivity contribution in [2.75, 3.05) is 4.90 Å². The molecule has 1 fully saturated rings. The SMILES string of the molecule is Cc1ccc(N2C(=S)N[C@H](c3ccccn3)[C@@H]2c2ccc(-c3cc(Cl)ccc3C)o2)cc1. The molecule has 0 aliphatic carbocycles. The fraction of sp³-hybridized carbons (Fsp3) is 0.154. The summed E-state index contributed by atoms with van der Waals surface area (Å²) in [4.78, 5) is 6.71. The van der Waals surface area contributed by atoms with Crippen LogP contribution < -0.4 is 10.2 Å². The molecule has 2 atom stereocenters. The van der Waals surface area contributed by atoms with Gasteiger partial charge in [-0.25, -0.2) is 0 Å². The molecule has 0 amide bonds. The second-order valence-electron chi connectivity index (χ2n) is 7.99. The average Bonchev–Trinajstić information content (AvgIpc) is 3.41. The minimum Gasteiger partial charge on any atom is -0.459 e. The van der Waals surface area contributed by atoms with E-state index < -0.39 is 0 Å². The van der Waals surface area contributed by atoms with E-state index in [1.54, 1.807) is 6.20 Å². The number of aromatic nitrogens is 1. The van der Waals surface area contributed by atoms with Gasteiger partial charge in [-0.3, -0.25) is 4.98 Å². The second-order valence-corrected chi connectivity index (χ2v) is 8.82. The molecule has 1 aliphatic heterocycles. The molecule has 2 aromatic carbocycles. The van der Waals surface area contributed by atoms with Crippen LogP contribution in [0.5, 0.6) is 0 Å². The Hall–Kier alpha value is -3.15. The van der Waals surface area contributed by atoms with E-state index in [1.165, 1.54) is 5.56 Å². The predicted octanol–water partition coefficient (Wildman–Crippen LogP) is 6.79. The first-order valence-corrected chi connectivity index (χ1v) is 11.2. The number of thiocarbonyl (C=S) groups is 1. The molecule has 5 rings (SSSR count). The highest BCUT2D eigenvalue weighted by atomic mass is 35.5. The number of halogens is 1. The molecule has 3 heterocycles. The van der Waals surface area contributed by atoms with Crippen LogP contribution in [0.1, 0.15) is 34.7 Å². The van der Waals surface area contributed by atoms with Gasteiger partial charge in [-0.2, -0.15) is 0 Å².